The molecule has 0 fully saturated rings. The number of ether oxygens (including phenoxy) is 1. The molecular weight excluding hydrogens is 288 g/mol. The van der Waals surface area contributed by atoms with Crippen LogP contribution in [0.25, 0.3) is 0 Å². The van der Waals surface area contributed by atoms with Crippen molar-refractivity contribution in [2.75, 3.05) is 6.61 Å². The van der Waals surface area contributed by atoms with Gasteiger partial charge in [0, 0.05) is 0 Å². The molecule has 1 aromatic carbocycles. The highest BCUT2D eigenvalue weighted by atomic mass is 16.5. The lowest BCUT2D eigenvalue weighted by Gasteiger charge is -2.22. The average Bonchev–Trinajstić information content (AvgIpc) is 2.53. The summed E-state index contributed by atoms with van der Waals surface area (Å²) < 4.78 is 5.51. The summed E-state index contributed by atoms with van der Waals surface area (Å²) in [4.78, 5) is 11.9. The van der Waals surface area contributed by atoms with Gasteiger partial charge in [0.2, 0.25) is 0 Å². The molecule has 0 aromatic heterocycles. The monoisotopic (exact) mass is 312 g/mol. The number of carbonyl (C=O) groups excluding carboxylic acids is 1. The lowest BCUT2D eigenvalue weighted by molar-refractivity contribution is -0.123. The van der Waals surface area contributed by atoms with Crippen molar-refractivity contribution in [3.05, 3.63) is 53.6 Å². The molecule has 0 unspecified atom stereocenters. The fourth-order valence-electron chi connectivity index (χ4n) is 2.45. The van der Waals surface area contributed by atoms with E-state index in [9.17, 15) is 4.79 Å². The van der Waals surface area contributed by atoms with Gasteiger partial charge in [-0.3, -0.25) is 4.79 Å². The Hall–Kier alpha value is -2.36. The number of benzene rings is 1. The highest BCUT2D eigenvalue weighted by Crippen LogP contribution is 2.26. The van der Waals surface area contributed by atoms with Crippen LogP contribution in [0.1, 0.15) is 32.3 Å². The van der Waals surface area contributed by atoms with Crippen molar-refractivity contribution in [1.82, 2.24) is 5.43 Å². The maximum absolute atomic E-state index is 11.9. The highest BCUT2D eigenvalue weighted by molar-refractivity contribution is 6.01. The van der Waals surface area contributed by atoms with E-state index < -0.39 is 0 Å². The van der Waals surface area contributed by atoms with Crippen LogP contribution >= 0.6 is 0 Å². The van der Waals surface area contributed by atoms with E-state index in [0.29, 0.717) is 11.7 Å². The quantitative estimate of drug-likeness (QED) is 0.664. The molecule has 2 rings (SSSR count). The number of rotatable bonds is 5. The molecule has 0 heterocycles. The lowest BCUT2D eigenvalue weighted by Crippen LogP contribution is -2.27. The van der Waals surface area contributed by atoms with Crippen LogP contribution in [-0.2, 0) is 4.79 Å². The molecular formula is C19H24N2O2. The summed E-state index contributed by atoms with van der Waals surface area (Å²) in [7, 11) is 0. The normalized spacial score (nSPS) is 19.2. The van der Waals surface area contributed by atoms with Gasteiger partial charge >= 0.3 is 0 Å². The Kier molecular flexibility index (Phi) is 5.74. The Labute approximate surface area is 137 Å². The standard InChI is InChI=1S/C19H24N2O2/c1-13(2)16-10-9-14(3)17(11-16)20-21-19(22)12-23-18-8-6-5-7-15(18)4/h5-9,16H,1,10-12H2,2-4H3,(H,21,22)/t16-/m0/s1. The fourth-order valence-corrected chi connectivity index (χ4v) is 2.45. The minimum Gasteiger partial charge on any atom is -0.483 e. The van der Waals surface area contributed by atoms with Gasteiger partial charge in [-0.25, -0.2) is 5.43 Å². The molecule has 0 spiro atoms. The number of para-hydroxylation sites is 1. The number of carbonyl (C=O) groups is 1. The molecule has 4 heteroatoms. The molecule has 0 aliphatic heterocycles. The predicted molar refractivity (Wildman–Crippen MR) is 93.5 cm³/mol. The highest BCUT2D eigenvalue weighted by Gasteiger charge is 2.18. The number of allylic oxidation sites excluding steroid dienone is 3. The largest absolute Gasteiger partial charge is 0.483 e. The molecule has 1 N–H and O–H groups in total. The van der Waals surface area contributed by atoms with E-state index in [-0.39, 0.29) is 12.5 Å². The van der Waals surface area contributed by atoms with Gasteiger partial charge in [-0.1, -0.05) is 36.4 Å². The summed E-state index contributed by atoms with van der Waals surface area (Å²) in [6, 6.07) is 7.61. The number of amides is 1. The summed E-state index contributed by atoms with van der Waals surface area (Å²) in [5.41, 5.74) is 6.76. The van der Waals surface area contributed by atoms with Crippen molar-refractivity contribution < 1.29 is 9.53 Å². The van der Waals surface area contributed by atoms with Gasteiger partial charge < -0.3 is 4.74 Å². The Morgan fingerprint density at radius 3 is 2.83 bits per heavy atom. The molecule has 4 nitrogen and oxygen atoms in total. The number of hydrazone groups is 1. The molecule has 0 saturated carbocycles. The van der Waals surface area contributed by atoms with Crippen LogP contribution in [0, 0.1) is 12.8 Å². The molecule has 1 aromatic rings. The number of hydrogen-bond acceptors (Lipinski definition) is 3. The number of nitrogens with zero attached hydrogens (tertiary/aromatic N) is 1. The summed E-state index contributed by atoms with van der Waals surface area (Å²) in [5.74, 6) is 0.856. The first-order valence-electron chi connectivity index (χ1n) is 7.83. The molecule has 0 saturated heterocycles. The minimum absolute atomic E-state index is 0.0473. The van der Waals surface area contributed by atoms with Gasteiger partial charge in [0.1, 0.15) is 5.75 Å². The van der Waals surface area contributed by atoms with Crippen molar-refractivity contribution in [2.24, 2.45) is 11.0 Å². The molecule has 1 aliphatic carbocycles. The van der Waals surface area contributed by atoms with E-state index >= 15 is 0 Å². The molecule has 1 atom stereocenters. The van der Waals surface area contributed by atoms with Crippen LogP contribution in [-0.4, -0.2) is 18.2 Å². The van der Waals surface area contributed by atoms with Gasteiger partial charge in [-0.2, -0.15) is 5.10 Å². The molecule has 23 heavy (non-hydrogen) atoms. The Morgan fingerprint density at radius 2 is 2.13 bits per heavy atom. The predicted octanol–water partition coefficient (Wildman–Crippen LogP) is 3.78. The average molecular weight is 312 g/mol. The van der Waals surface area contributed by atoms with Crippen LogP contribution < -0.4 is 10.2 Å². The third kappa shape index (κ3) is 4.81. The van der Waals surface area contributed by atoms with Gasteiger partial charge in [0.05, 0.1) is 5.71 Å². The van der Waals surface area contributed by atoms with E-state index in [2.05, 4.69) is 23.2 Å². The maximum Gasteiger partial charge on any atom is 0.277 e. The van der Waals surface area contributed by atoms with E-state index in [1.165, 1.54) is 0 Å². The van der Waals surface area contributed by atoms with E-state index in [0.717, 1.165) is 35.3 Å². The Bertz CT molecular complexity index is 659. The van der Waals surface area contributed by atoms with E-state index in [1.807, 2.05) is 45.0 Å². The van der Waals surface area contributed by atoms with Crippen LogP contribution in [0.2, 0.25) is 0 Å². The summed E-state index contributed by atoms with van der Waals surface area (Å²) in [5, 5.41) is 4.26. The summed E-state index contributed by atoms with van der Waals surface area (Å²) >= 11 is 0. The van der Waals surface area contributed by atoms with Gasteiger partial charge in [-0.05, 0) is 56.7 Å². The van der Waals surface area contributed by atoms with Crippen LogP contribution in [0.5, 0.6) is 5.75 Å². The topological polar surface area (TPSA) is 50.7 Å². The number of hydrogen-bond donors (Lipinski definition) is 1. The van der Waals surface area contributed by atoms with Crippen molar-refractivity contribution >= 4 is 11.6 Å². The maximum atomic E-state index is 11.9. The van der Waals surface area contributed by atoms with Gasteiger partial charge in [-0.15, -0.1) is 0 Å². The zero-order chi connectivity index (χ0) is 16.8. The zero-order valence-corrected chi connectivity index (χ0v) is 14.1. The lowest BCUT2D eigenvalue weighted by atomic mass is 9.85. The smallest absolute Gasteiger partial charge is 0.277 e. The van der Waals surface area contributed by atoms with Gasteiger partial charge in [0.25, 0.3) is 5.91 Å². The molecule has 0 radical (unpaired) electrons. The number of nitrogens with one attached hydrogen (secondary N) is 1. The number of aryl methyl sites for hydroxylation is 1. The zero-order valence-electron chi connectivity index (χ0n) is 14.1. The van der Waals surface area contributed by atoms with Gasteiger partial charge in [0.15, 0.2) is 6.61 Å². The Balaban J connectivity index is 1.90. The first kappa shape index (κ1) is 17.0. The van der Waals surface area contributed by atoms with Crippen molar-refractivity contribution in [1.29, 1.82) is 0 Å². The third-order valence-corrected chi connectivity index (χ3v) is 4.07. The molecule has 0 bridgehead atoms. The van der Waals surface area contributed by atoms with Crippen molar-refractivity contribution in [3.63, 3.8) is 0 Å². The first-order valence-corrected chi connectivity index (χ1v) is 7.83. The molecule has 122 valence electrons. The van der Waals surface area contributed by atoms with Crippen LogP contribution in [0.4, 0.5) is 0 Å². The van der Waals surface area contributed by atoms with Crippen molar-refractivity contribution in [2.45, 2.75) is 33.6 Å². The second kappa shape index (κ2) is 7.77. The Morgan fingerprint density at radius 1 is 1.39 bits per heavy atom. The van der Waals surface area contributed by atoms with Crippen molar-refractivity contribution in [3.8, 4) is 5.75 Å². The van der Waals surface area contributed by atoms with E-state index in [1.54, 1.807) is 0 Å². The summed E-state index contributed by atoms with van der Waals surface area (Å²) in [6.07, 6.45) is 3.96. The minimum atomic E-state index is -0.258. The summed E-state index contributed by atoms with van der Waals surface area (Å²) in [6.45, 7) is 9.96. The molecule has 1 amide bonds. The van der Waals surface area contributed by atoms with Crippen LogP contribution in [0.3, 0.4) is 0 Å². The SMILES string of the molecule is C=C(C)[C@H]1CC=C(C)C(=NNC(=O)COc2ccccc2C)C1. The van der Waals surface area contributed by atoms with Crippen LogP contribution in [0.15, 0.2) is 53.2 Å². The molecule has 1 aliphatic rings. The second-order valence-electron chi connectivity index (χ2n) is 6.02. The fraction of sp³-hybridized carbons (Fsp3) is 0.368. The first-order chi connectivity index (χ1) is 11.0. The third-order valence-electron chi connectivity index (χ3n) is 4.07. The van der Waals surface area contributed by atoms with E-state index in [4.69, 9.17) is 4.74 Å². The second-order valence-corrected chi connectivity index (χ2v) is 6.02.